The number of hydrogen-bond acceptors (Lipinski definition) is 4. The van der Waals surface area contributed by atoms with Crippen LogP contribution in [0.2, 0.25) is 0 Å². The van der Waals surface area contributed by atoms with Crippen molar-refractivity contribution in [2.75, 3.05) is 7.11 Å². The number of rotatable bonds is 2. The van der Waals surface area contributed by atoms with E-state index in [1.54, 1.807) is 20.8 Å². The quantitative estimate of drug-likeness (QED) is 0.795. The second kappa shape index (κ2) is 6.51. The summed E-state index contributed by atoms with van der Waals surface area (Å²) >= 11 is 3.45. The van der Waals surface area contributed by atoms with Crippen molar-refractivity contribution in [1.29, 1.82) is 0 Å². The van der Waals surface area contributed by atoms with Crippen molar-refractivity contribution in [2.24, 2.45) is 0 Å². The summed E-state index contributed by atoms with van der Waals surface area (Å²) in [4.78, 5) is 24.5. The zero-order chi connectivity index (χ0) is 17.3. The van der Waals surface area contributed by atoms with Crippen molar-refractivity contribution in [3.8, 4) is 0 Å². The van der Waals surface area contributed by atoms with Crippen molar-refractivity contribution < 1.29 is 19.1 Å². The molecule has 23 heavy (non-hydrogen) atoms. The lowest BCUT2D eigenvalue weighted by Gasteiger charge is -2.36. The summed E-state index contributed by atoms with van der Waals surface area (Å²) < 4.78 is 11.2. The summed E-state index contributed by atoms with van der Waals surface area (Å²) in [5, 5.41) is 2.75. The van der Waals surface area contributed by atoms with E-state index in [-0.39, 0.29) is 0 Å². The summed E-state index contributed by atoms with van der Waals surface area (Å²) in [6.07, 6.45) is 0.937. The van der Waals surface area contributed by atoms with Crippen molar-refractivity contribution in [3.05, 3.63) is 33.8 Å². The highest BCUT2D eigenvalue weighted by Gasteiger charge is 2.44. The van der Waals surface area contributed by atoms with Gasteiger partial charge in [-0.15, -0.1) is 0 Å². The van der Waals surface area contributed by atoms with Crippen molar-refractivity contribution >= 4 is 28.0 Å². The van der Waals surface area contributed by atoms with Crippen LogP contribution >= 0.6 is 15.9 Å². The van der Waals surface area contributed by atoms with Crippen LogP contribution in [0.25, 0.3) is 0 Å². The third-order valence-corrected chi connectivity index (χ3v) is 4.29. The molecule has 1 amide bonds. The summed E-state index contributed by atoms with van der Waals surface area (Å²) in [6, 6.07) is 5.94. The normalized spacial score (nSPS) is 20.4. The Hall–Kier alpha value is -1.56. The minimum atomic E-state index is -1.09. The summed E-state index contributed by atoms with van der Waals surface area (Å²) in [7, 11) is 1.33. The summed E-state index contributed by atoms with van der Waals surface area (Å²) in [5.41, 5.74) is 0.488. The van der Waals surface area contributed by atoms with Crippen LogP contribution in [-0.2, 0) is 27.1 Å². The molecule has 1 aliphatic rings. The first-order chi connectivity index (χ1) is 10.6. The van der Waals surface area contributed by atoms with E-state index >= 15 is 0 Å². The lowest BCUT2D eigenvalue weighted by atomic mass is 9.78. The van der Waals surface area contributed by atoms with E-state index < -0.39 is 23.2 Å². The Balaban J connectivity index is 2.26. The fourth-order valence-corrected chi connectivity index (χ4v) is 3.20. The summed E-state index contributed by atoms with van der Waals surface area (Å²) in [6.45, 7) is 5.35. The van der Waals surface area contributed by atoms with Crippen molar-refractivity contribution in [1.82, 2.24) is 5.32 Å². The zero-order valence-corrected chi connectivity index (χ0v) is 15.5. The minimum absolute atomic E-state index is 0.390. The minimum Gasteiger partial charge on any atom is -0.467 e. The Labute approximate surface area is 144 Å². The molecule has 126 valence electrons. The Morgan fingerprint density at radius 2 is 1.96 bits per heavy atom. The van der Waals surface area contributed by atoms with Gasteiger partial charge >= 0.3 is 12.1 Å². The van der Waals surface area contributed by atoms with Crippen molar-refractivity contribution in [3.63, 3.8) is 0 Å². The number of hydrogen-bond donors (Lipinski definition) is 1. The van der Waals surface area contributed by atoms with Gasteiger partial charge in [0.05, 0.1) is 7.11 Å². The Morgan fingerprint density at radius 1 is 1.26 bits per heavy atom. The number of alkyl carbamates (subject to hydrolysis) is 1. The molecule has 1 N–H and O–H groups in total. The SMILES string of the molecule is COC(=O)C1(NC(=O)OC(C)(C)C)CCc2cc(Br)ccc2C1. The molecular formula is C17H22BrNO4. The number of amides is 1. The molecule has 5 nitrogen and oxygen atoms in total. The van der Waals surface area contributed by atoms with Gasteiger partial charge < -0.3 is 14.8 Å². The number of benzene rings is 1. The molecule has 1 atom stereocenters. The number of methoxy groups -OCH3 is 1. The number of ether oxygens (including phenoxy) is 2. The molecule has 0 aliphatic heterocycles. The lowest BCUT2D eigenvalue weighted by molar-refractivity contribution is -0.149. The highest BCUT2D eigenvalue weighted by atomic mass is 79.9. The second-order valence-corrected chi connectivity index (χ2v) is 7.71. The van der Waals surface area contributed by atoms with Crippen LogP contribution in [0.3, 0.4) is 0 Å². The fraction of sp³-hybridized carbons (Fsp3) is 0.529. The van der Waals surface area contributed by atoms with Gasteiger partial charge in [-0.1, -0.05) is 22.0 Å². The van der Waals surface area contributed by atoms with Crippen LogP contribution < -0.4 is 5.32 Å². The third kappa shape index (κ3) is 4.25. The van der Waals surface area contributed by atoms with Gasteiger partial charge in [0, 0.05) is 10.9 Å². The molecule has 1 aromatic carbocycles. The fourth-order valence-electron chi connectivity index (χ4n) is 2.79. The first-order valence-electron chi connectivity index (χ1n) is 7.52. The van der Waals surface area contributed by atoms with Crippen LogP contribution in [0.5, 0.6) is 0 Å². The van der Waals surface area contributed by atoms with Crippen LogP contribution in [-0.4, -0.2) is 30.3 Å². The van der Waals surface area contributed by atoms with Gasteiger partial charge in [-0.25, -0.2) is 9.59 Å². The largest absolute Gasteiger partial charge is 0.467 e. The molecule has 0 spiro atoms. The number of aryl methyl sites for hydroxylation is 1. The predicted octanol–water partition coefficient (Wildman–Crippen LogP) is 3.37. The molecule has 6 heteroatoms. The third-order valence-electron chi connectivity index (χ3n) is 3.80. The molecule has 1 aromatic rings. The highest BCUT2D eigenvalue weighted by Crippen LogP contribution is 2.32. The van der Waals surface area contributed by atoms with E-state index in [4.69, 9.17) is 9.47 Å². The van der Waals surface area contributed by atoms with Gasteiger partial charge in [-0.3, -0.25) is 0 Å². The summed E-state index contributed by atoms with van der Waals surface area (Å²) in [5.74, 6) is -0.447. The number of halogens is 1. The Bertz CT molecular complexity index is 624. The maximum atomic E-state index is 12.4. The molecular weight excluding hydrogens is 362 g/mol. The van der Waals surface area contributed by atoms with E-state index in [0.29, 0.717) is 19.3 Å². The molecule has 0 fully saturated rings. The number of fused-ring (bicyclic) bond motifs is 1. The molecule has 2 rings (SSSR count). The van der Waals surface area contributed by atoms with E-state index in [1.165, 1.54) is 12.7 Å². The van der Waals surface area contributed by atoms with Crippen LogP contribution in [0, 0.1) is 0 Å². The molecule has 0 saturated carbocycles. The van der Waals surface area contributed by atoms with E-state index in [9.17, 15) is 9.59 Å². The molecule has 1 aliphatic carbocycles. The standard InChI is InChI=1S/C17H22BrNO4/c1-16(2,3)23-15(21)19-17(14(20)22-4)8-7-11-9-13(18)6-5-12(11)10-17/h5-6,9H,7-8,10H2,1-4H3,(H,19,21). The first kappa shape index (κ1) is 17.8. The lowest BCUT2D eigenvalue weighted by Crippen LogP contribution is -2.59. The van der Waals surface area contributed by atoms with Gasteiger partial charge in [-0.2, -0.15) is 0 Å². The second-order valence-electron chi connectivity index (χ2n) is 6.79. The first-order valence-corrected chi connectivity index (χ1v) is 8.31. The molecule has 0 bridgehead atoms. The molecule has 1 unspecified atom stereocenters. The van der Waals surface area contributed by atoms with Gasteiger partial charge in [-0.05, 0) is 56.9 Å². The molecule has 0 aromatic heterocycles. The predicted molar refractivity (Wildman–Crippen MR) is 90.3 cm³/mol. The Kier molecular flexibility index (Phi) is 5.04. The van der Waals surface area contributed by atoms with E-state index in [2.05, 4.69) is 21.2 Å². The number of carbonyl (C=O) groups excluding carboxylic acids is 2. The molecule has 0 radical (unpaired) electrons. The topological polar surface area (TPSA) is 64.6 Å². The molecule has 0 heterocycles. The zero-order valence-electron chi connectivity index (χ0n) is 13.9. The van der Waals surface area contributed by atoms with Gasteiger partial charge in [0.15, 0.2) is 0 Å². The van der Waals surface area contributed by atoms with Gasteiger partial charge in [0.1, 0.15) is 11.1 Å². The van der Waals surface area contributed by atoms with E-state index in [0.717, 1.165) is 10.0 Å². The highest BCUT2D eigenvalue weighted by molar-refractivity contribution is 9.10. The smallest absolute Gasteiger partial charge is 0.408 e. The maximum Gasteiger partial charge on any atom is 0.408 e. The van der Waals surface area contributed by atoms with Crippen molar-refractivity contribution in [2.45, 2.75) is 51.2 Å². The van der Waals surface area contributed by atoms with Gasteiger partial charge in [0.2, 0.25) is 0 Å². The number of nitrogens with one attached hydrogen (secondary N) is 1. The van der Waals surface area contributed by atoms with Crippen LogP contribution in [0.15, 0.2) is 22.7 Å². The average molecular weight is 384 g/mol. The average Bonchev–Trinajstić information content (AvgIpc) is 2.44. The van der Waals surface area contributed by atoms with Crippen LogP contribution in [0.4, 0.5) is 4.79 Å². The monoisotopic (exact) mass is 383 g/mol. The van der Waals surface area contributed by atoms with Crippen LogP contribution in [0.1, 0.15) is 38.3 Å². The Morgan fingerprint density at radius 3 is 2.57 bits per heavy atom. The number of esters is 1. The van der Waals surface area contributed by atoms with E-state index in [1.807, 2.05) is 18.2 Å². The number of carbonyl (C=O) groups is 2. The van der Waals surface area contributed by atoms with Gasteiger partial charge in [0.25, 0.3) is 0 Å². The molecule has 0 saturated heterocycles. The maximum absolute atomic E-state index is 12.4.